The largest absolute Gasteiger partial charge is 0.505 e. The number of rotatable bonds is 12. The molecule has 0 aliphatic carbocycles. The number of hydrogen-bond donors (Lipinski definition) is 1. The van der Waals surface area contributed by atoms with Crippen molar-refractivity contribution in [3.05, 3.63) is 100 Å². The first kappa shape index (κ1) is 33.2. The number of thioether (sulfide) groups is 1. The summed E-state index contributed by atoms with van der Waals surface area (Å²) in [5.74, 6) is -1.27. The molecule has 48 heavy (non-hydrogen) atoms. The summed E-state index contributed by atoms with van der Waals surface area (Å²) in [4.78, 5) is 33.6. The number of pyridine rings is 1. The van der Waals surface area contributed by atoms with Gasteiger partial charge in [0.2, 0.25) is 5.13 Å². The third-order valence-electron chi connectivity index (χ3n) is 8.17. The molecule has 0 radical (unpaired) electrons. The van der Waals surface area contributed by atoms with E-state index in [9.17, 15) is 19.1 Å². The quantitative estimate of drug-likeness (QED) is 0.0357. The molecule has 1 aliphatic heterocycles. The number of fused-ring (bicyclic) bond motifs is 1. The topological polar surface area (TPSA) is 119 Å². The summed E-state index contributed by atoms with van der Waals surface area (Å²) in [5.41, 5.74) is 3.14. The average Bonchev–Trinajstić information content (AvgIpc) is 3.77. The molecule has 1 amide bonds. The number of carbonyl (C=O) groups is 2. The zero-order valence-electron chi connectivity index (χ0n) is 26.9. The summed E-state index contributed by atoms with van der Waals surface area (Å²) in [6.07, 6.45) is 4.79. The van der Waals surface area contributed by atoms with Crippen LogP contribution in [0.15, 0.2) is 70.7 Å². The average molecular weight is 688 g/mol. The normalized spacial score (nSPS) is 15.9. The van der Waals surface area contributed by atoms with Crippen LogP contribution in [-0.4, -0.2) is 50.1 Å². The number of halogens is 1. The second kappa shape index (κ2) is 14.2. The van der Waals surface area contributed by atoms with E-state index in [0.29, 0.717) is 50.7 Å². The first-order chi connectivity index (χ1) is 23.2. The molecule has 0 spiro atoms. The van der Waals surface area contributed by atoms with Gasteiger partial charge in [-0.3, -0.25) is 14.5 Å². The third kappa shape index (κ3) is 6.27. The summed E-state index contributed by atoms with van der Waals surface area (Å²) in [6.45, 7) is 6.31. The number of Topliss-reactive ketones (excluding diaryl/α,β-unsaturated/α-hetero) is 1. The Morgan fingerprint density at radius 1 is 1.06 bits per heavy atom. The number of aromatic nitrogens is 4. The van der Waals surface area contributed by atoms with Crippen molar-refractivity contribution in [1.29, 1.82) is 0 Å². The molecule has 2 aromatic carbocycles. The van der Waals surface area contributed by atoms with Gasteiger partial charge in [0.25, 0.3) is 5.78 Å². The minimum atomic E-state index is -1.09. The van der Waals surface area contributed by atoms with Crippen LogP contribution in [0.25, 0.3) is 11.4 Å². The Hall–Kier alpha value is -4.75. The second-order valence-corrected chi connectivity index (χ2v) is 13.5. The molecule has 1 saturated heterocycles. The molecule has 0 saturated carbocycles. The first-order valence-corrected chi connectivity index (χ1v) is 17.3. The minimum absolute atomic E-state index is 0.140. The zero-order chi connectivity index (χ0) is 33.9. The van der Waals surface area contributed by atoms with E-state index in [4.69, 9.17) is 9.47 Å². The highest BCUT2D eigenvalue weighted by Crippen LogP contribution is 2.46. The lowest BCUT2D eigenvalue weighted by atomic mass is 9.96. The van der Waals surface area contributed by atoms with Crippen LogP contribution in [0.2, 0.25) is 0 Å². The van der Waals surface area contributed by atoms with E-state index >= 15 is 0 Å². The van der Waals surface area contributed by atoms with Gasteiger partial charge in [-0.05, 0) is 61.2 Å². The molecule has 1 unspecified atom stereocenters. The smallest absolute Gasteiger partial charge is 0.301 e. The number of ketones is 1. The van der Waals surface area contributed by atoms with Gasteiger partial charge in [0.05, 0.1) is 31.0 Å². The number of unbranched alkanes of at least 4 members (excludes halogenated alkanes) is 2. The van der Waals surface area contributed by atoms with Crippen LogP contribution in [0.1, 0.15) is 60.3 Å². The van der Waals surface area contributed by atoms with Gasteiger partial charge >= 0.3 is 5.91 Å². The Kier molecular flexibility index (Phi) is 9.78. The SMILES string of the molecule is CCCCCOc1ccc(C2C(=C(O)c3nc4c(C)cccn4c3C)C(=O)C(=O)N2c2nnc(SCc3ccccc3F)s2)cc1OC. The number of carbonyl (C=O) groups excluding carboxylic acids is 2. The van der Waals surface area contributed by atoms with E-state index in [1.165, 1.54) is 29.8 Å². The summed E-state index contributed by atoms with van der Waals surface area (Å²) in [6, 6.07) is 14.3. The molecular weight excluding hydrogens is 654 g/mol. The lowest BCUT2D eigenvalue weighted by Gasteiger charge is -2.23. The van der Waals surface area contributed by atoms with E-state index in [1.807, 2.05) is 29.7 Å². The standard InChI is InChI=1S/C35H34FN5O5S2/c1-5-6-9-17-46-25-15-14-22(18-26(25)45-4)29-27(30(42)28-21(3)40-16-10-11-20(2)32(40)37-28)31(43)33(44)41(29)34-38-39-35(48-34)47-19-23-12-7-8-13-24(23)36/h7-8,10-16,18,29,42H,5-6,9,17,19H2,1-4H3. The van der Waals surface area contributed by atoms with Crippen molar-refractivity contribution in [2.45, 2.75) is 56.2 Å². The van der Waals surface area contributed by atoms with E-state index in [2.05, 4.69) is 22.1 Å². The van der Waals surface area contributed by atoms with Gasteiger partial charge in [0.1, 0.15) is 17.2 Å². The molecular formula is C35H34FN5O5S2. The molecule has 10 nitrogen and oxygen atoms in total. The van der Waals surface area contributed by atoms with Crippen molar-refractivity contribution in [3.8, 4) is 11.5 Å². The molecule has 13 heteroatoms. The zero-order valence-corrected chi connectivity index (χ0v) is 28.5. The Labute approximate surface area is 285 Å². The van der Waals surface area contributed by atoms with Crippen molar-refractivity contribution in [2.75, 3.05) is 18.6 Å². The summed E-state index contributed by atoms with van der Waals surface area (Å²) >= 11 is 2.36. The molecule has 1 atom stereocenters. The van der Waals surface area contributed by atoms with Crippen molar-refractivity contribution in [3.63, 3.8) is 0 Å². The van der Waals surface area contributed by atoms with Gasteiger partial charge in [-0.15, -0.1) is 10.2 Å². The van der Waals surface area contributed by atoms with Gasteiger partial charge in [0, 0.05) is 11.9 Å². The van der Waals surface area contributed by atoms with E-state index in [-0.39, 0.29) is 22.2 Å². The van der Waals surface area contributed by atoms with Crippen molar-refractivity contribution >= 4 is 51.3 Å². The Balaban J connectivity index is 1.44. The minimum Gasteiger partial charge on any atom is -0.505 e. The van der Waals surface area contributed by atoms with Crippen molar-refractivity contribution in [1.82, 2.24) is 19.6 Å². The maximum atomic E-state index is 14.3. The number of aliphatic hydroxyl groups excluding tert-OH is 1. The van der Waals surface area contributed by atoms with E-state index in [0.717, 1.165) is 36.2 Å². The number of benzene rings is 2. The maximum absolute atomic E-state index is 14.3. The number of aryl methyl sites for hydroxylation is 2. The highest BCUT2D eigenvalue weighted by molar-refractivity contribution is 8.00. The Bertz CT molecular complexity index is 2040. The van der Waals surface area contributed by atoms with Gasteiger partial charge in [0.15, 0.2) is 21.6 Å². The molecule has 5 aromatic rings. The predicted molar refractivity (Wildman–Crippen MR) is 183 cm³/mol. The molecule has 0 bridgehead atoms. The van der Waals surface area contributed by atoms with Crippen molar-refractivity contribution in [2.24, 2.45) is 0 Å². The van der Waals surface area contributed by atoms with E-state index in [1.54, 1.807) is 43.3 Å². The van der Waals surface area contributed by atoms with Crippen LogP contribution in [0.3, 0.4) is 0 Å². The molecule has 6 rings (SSSR count). The highest BCUT2D eigenvalue weighted by atomic mass is 32.2. The molecule has 1 fully saturated rings. The number of methoxy groups -OCH3 is 1. The van der Waals surface area contributed by atoms with Crippen LogP contribution in [0.4, 0.5) is 9.52 Å². The highest BCUT2D eigenvalue weighted by Gasteiger charge is 2.49. The fourth-order valence-corrected chi connectivity index (χ4v) is 7.49. The lowest BCUT2D eigenvalue weighted by Crippen LogP contribution is -2.29. The third-order valence-corrected chi connectivity index (χ3v) is 10.3. The van der Waals surface area contributed by atoms with Crippen LogP contribution < -0.4 is 14.4 Å². The number of amides is 1. The summed E-state index contributed by atoms with van der Waals surface area (Å²) in [5, 5.41) is 20.5. The summed E-state index contributed by atoms with van der Waals surface area (Å²) < 4.78 is 28.2. The Morgan fingerprint density at radius 2 is 1.88 bits per heavy atom. The van der Waals surface area contributed by atoms with Crippen LogP contribution >= 0.6 is 23.1 Å². The number of hydrogen-bond acceptors (Lipinski definition) is 10. The lowest BCUT2D eigenvalue weighted by molar-refractivity contribution is -0.132. The number of nitrogens with zero attached hydrogens (tertiary/aromatic N) is 5. The van der Waals surface area contributed by atoms with Crippen LogP contribution in [-0.2, 0) is 15.3 Å². The number of imidazole rings is 1. The molecule has 4 heterocycles. The van der Waals surface area contributed by atoms with Gasteiger partial charge < -0.3 is 19.0 Å². The summed E-state index contributed by atoms with van der Waals surface area (Å²) in [7, 11) is 1.52. The van der Waals surface area contributed by atoms with Gasteiger partial charge in [-0.25, -0.2) is 9.37 Å². The van der Waals surface area contributed by atoms with Crippen LogP contribution in [0.5, 0.6) is 11.5 Å². The Morgan fingerprint density at radius 3 is 2.62 bits per heavy atom. The molecule has 248 valence electrons. The number of anilines is 1. The molecule has 1 N–H and O–H groups in total. The van der Waals surface area contributed by atoms with E-state index < -0.39 is 23.5 Å². The van der Waals surface area contributed by atoms with Gasteiger partial charge in [-0.1, -0.05) is 73.2 Å². The maximum Gasteiger partial charge on any atom is 0.301 e. The fraction of sp³-hybridized carbons (Fsp3) is 0.286. The molecule has 3 aromatic heterocycles. The molecule has 1 aliphatic rings. The second-order valence-electron chi connectivity index (χ2n) is 11.3. The predicted octanol–water partition coefficient (Wildman–Crippen LogP) is 7.44. The van der Waals surface area contributed by atoms with Crippen LogP contribution in [0, 0.1) is 19.7 Å². The fourth-order valence-electron chi connectivity index (χ4n) is 5.64. The number of ether oxygens (including phenoxy) is 2. The van der Waals surface area contributed by atoms with Crippen molar-refractivity contribution < 1.29 is 28.6 Å². The first-order valence-electron chi connectivity index (χ1n) is 15.5. The monoisotopic (exact) mass is 687 g/mol. The number of aliphatic hydroxyl groups is 1. The van der Waals surface area contributed by atoms with Gasteiger partial charge in [-0.2, -0.15) is 0 Å².